The molecule has 1 heterocycles. The molecule has 1 saturated carbocycles. The monoisotopic (exact) mass is 237 g/mol. The minimum atomic E-state index is 0.574. The standard InChI is InChI=1S/C14H27N3/c1-3-16(4-2)13-9-10-17(11-13)14(15)12-7-5-6-8-12/h12-13,15H,3-11H2,1-2H3. The number of hydrogen-bond donors (Lipinski definition) is 1. The Morgan fingerprint density at radius 2 is 1.82 bits per heavy atom. The van der Waals surface area contributed by atoms with Gasteiger partial charge in [-0.2, -0.15) is 0 Å². The average Bonchev–Trinajstić information content (AvgIpc) is 3.01. The van der Waals surface area contributed by atoms with Crippen LogP contribution in [0.1, 0.15) is 46.0 Å². The van der Waals surface area contributed by atoms with Gasteiger partial charge in [-0.05, 0) is 32.4 Å². The van der Waals surface area contributed by atoms with Gasteiger partial charge in [-0.3, -0.25) is 10.3 Å². The first kappa shape index (κ1) is 12.9. The number of amidine groups is 1. The van der Waals surface area contributed by atoms with Gasteiger partial charge in [0.1, 0.15) is 0 Å². The highest BCUT2D eigenvalue weighted by atomic mass is 15.3. The fourth-order valence-electron chi connectivity index (χ4n) is 3.46. The highest BCUT2D eigenvalue weighted by Crippen LogP contribution is 2.28. The molecular formula is C14H27N3. The predicted octanol–water partition coefficient (Wildman–Crippen LogP) is 2.57. The zero-order valence-corrected chi connectivity index (χ0v) is 11.4. The van der Waals surface area contributed by atoms with E-state index in [-0.39, 0.29) is 0 Å². The molecule has 0 aromatic rings. The average molecular weight is 237 g/mol. The maximum Gasteiger partial charge on any atom is 0.0990 e. The second-order valence-electron chi connectivity index (χ2n) is 5.48. The molecule has 0 bridgehead atoms. The van der Waals surface area contributed by atoms with E-state index in [9.17, 15) is 0 Å². The molecule has 1 atom stereocenters. The van der Waals surface area contributed by atoms with Crippen LogP contribution in [0.4, 0.5) is 0 Å². The lowest BCUT2D eigenvalue weighted by Gasteiger charge is -2.28. The van der Waals surface area contributed by atoms with Crippen molar-refractivity contribution in [2.24, 2.45) is 5.92 Å². The molecular weight excluding hydrogens is 210 g/mol. The second-order valence-corrected chi connectivity index (χ2v) is 5.48. The first-order valence-corrected chi connectivity index (χ1v) is 7.33. The molecule has 2 fully saturated rings. The van der Waals surface area contributed by atoms with Crippen molar-refractivity contribution in [1.82, 2.24) is 9.80 Å². The van der Waals surface area contributed by atoms with Gasteiger partial charge in [0.05, 0.1) is 5.84 Å². The summed E-state index contributed by atoms with van der Waals surface area (Å²) in [7, 11) is 0. The first-order valence-electron chi connectivity index (χ1n) is 7.33. The van der Waals surface area contributed by atoms with Crippen LogP contribution in [0.25, 0.3) is 0 Å². The van der Waals surface area contributed by atoms with E-state index in [2.05, 4.69) is 23.6 Å². The third-order valence-corrected chi connectivity index (χ3v) is 4.57. The molecule has 0 amide bonds. The van der Waals surface area contributed by atoms with Gasteiger partial charge in [-0.25, -0.2) is 0 Å². The topological polar surface area (TPSA) is 30.3 Å². The van der Waals surface area contributed by atoms with Crippen molar-refractivity contribution >= 4 is 5.84 Å². The minimum absolute atomic E-state index is 0.574. The fourth-order valence-corrected chi connectivity index (χ4v) is 3.46. The van der Waals surface area contributed by atoms with Crippen LogP contribution in [0.5, 0.6) is 0 Å². The van der Waals surface area contributed by atoms with Crippen LogP contribution in [0.2, 0.25) is 0 Å². The number of nitrogens with one attached hydrogen (secondary N) is 1. The third kappa shape index (κ3) is 2.82. The Morgan fingerprint density at radius 3 is 2.41 bits per heavy atom. The number of hydrogen-bond acceptors (Lipinski definition) is 2. The lowest BCUT2D eigenvalue weighted by Crippen LogP contribution is -2.39. The number of rotatable bonds is 4. The van der Waals surface area contributed by atoms with Gasteiger partial charge in [0.25, 0.3) is 0 Å². The zero-order chi connectivity index (χ0) is 12.3. The van der Waals surface area contributed by atoms with E-state index < -0.39 is 0 Å². The summed E-state index contributed by atoms with van der Waals surface area (Å²) in [6.07, 6.45) is 6.42. The Hall–Kier alpha value is -0.570. The molecule has 1 aliphatic heterocycles. The Labute approximate surface area is 106 Å². The summed E-state index contributed by atoms with van der Waals surface area (Å²) in [4.78, 5) is 4.89. The highest BCUT2D eigenvalue weighted by Gasteiger charge is 2.31. The van der Waals surface area contributed by atoms with Crippen LogP contribution in [-0.4, -0.2) is 47.9 Å². The van der Waals surface area contributed by atoms with E-state index in [1.165, 1.54) is 32.1 Å². The minimum Gasteiger partial charge on any atom is -0.359 e. The molecule has 0 aromatic carbocycles. The first-order chi connectivity index (χ1) is 8.26. The smallest absolute Gasteiger partial charge is 0.0990 e. The molecule has 1 unspecified atom stereocenters. The molecule has 0 spiro atoms. The van der Waals surface area contributed by atoms with Gasteiger partial charge in [-0.15, -0.1) is 0 Å². The Kier molecular flexibility index (Phi) is 4.43. The highest BCUT2D eigenvalue weighted by molar-refractivity contribution is 5.82. The molecule has 3 heteroatoms. The number of nitrogens with zero attached hydrogens (tertiary/aromatic N) is 2. The third-order valence-electron chi connectivity index (χ3n) is 4.57. The van der Waals surface area contributed by atoms with Crippen molar-refractivity contribution in [2.45, 2.75) is 52.0 Å². The summed E-state index contributed by atoms with van der Waals surface area (Å²) in [5, 5.41) is 8.34. The quantitative estimate of drug-likeness (QED) is 0.602. The molecule has 3 nitrogen and oxygen atoms in total. The number of likely N-dealkylation sites (tertiary alicyclic amines) is 1. The molecule has 2 aliphatic rings. The van der Waals surface area contributed by atoms with E-state index in [1.54, 1.807) is 0 Å². The Balaban J connectivity index is 1.86. The summed E-state index contributed by atoms with van der Waals surface area (Å²) in [5.74, 6) is 1.52. The summed E-state index contributed by atoms with van der Waals surface area (Å²) in [5.41, 5.74) is 0. The molecule has 2 rings (SSSR count). The van der Waals surface area contributed by atoms with Gasteiger partial charge in [0.2, 0.25) is 0 Å². The maximum absolute atomic E-state index is 8.34. The summed E-state index contributed by atoms with van der Waals surface area (Å²) in [6.45, 7) is 8.98. The molecule has 0 radical (unpaired) electrons. The van der Waals surface area contributed by atoms with E-state index in [4.69, 9.17) is 5.41 Å². The molecule has 1 N–H and O–H groups in total. The lowest BCUT2D eigenvalue weighted by molar-refractivity contribution is 0.223. The van der Waals surface area contributed by atoms with E-state index in [0.29, 0.717) is 12.0 Å². The second kappa shape index (κ2) is 5.85. The largest absolute Gasteiger partial charge is 0.359 e. The van der Waals surface area contributed by atoms with E-state index in [0.717, 1.165) is 32.0 Å². The zero-order valence-electron chi connectivity index (χ0n) is 11.4. The van der Waals surface area contributed by atoms with Crippen LogP contribution >= 0.6 is 0 Å². The summed E-state index contributed by atoms with van der Waals surface area (Å²) >= 11 is 0. The molecule has 1 saturated heterocycles. The van der Waals surface area contributed by atoms with Crippen LogP contribution in [-0.2, 0) is 0 Å². The Morgan fingerprint density at radius 1 is 1.18 bits per heavy atom. The predicted molar refractivity (Wildman–Crippen MR) is 72.6 cm³/mol. The lowest BCUT2D eigenvalue weighted by atomic mass is 10.1. The maximum atomic E-state index is 8.34. The van der Waals surface area contributed by atoms with Crippen LogP contribution in [0.3, 0.4) is 0 Å². The van der Waals surface area contributed by atoms with Gasteiger partial charge in [0.15, 0.2) is 0 Å². The van der Waals surface area contributed by atoms with E-state index >= 15 is 0 Å². The fraction of sp³-hybridized carbons (Fsp3) is 0.929. The van der Waals surface area contributed by atoms with Gasteiger partial charge in [-0.1, -0.05) is 26.7 Å². The van der Waals surface area contributed by atoms with Gasteiger partial charge in [0, 0.05) is 25.0 Å². The molecule has 1 aliphatic carbocycles. The summed E-state index contributed by atoms with van der Waals surface area (Å²) in [6, 6.07) is 0.687. The van der Waals surface area contributed by atoms with Crippen molar-refractivity contribution in [3.8, 4) is 0 Å². The van der Waals surface area contributed by atoms with Crippen molar-refractivity contribution in [1.29, 1.82) is 5.41 Å². The van der Waals surface area contributed by atoms with Crippen LogP contribution < -0.4 is 0 Å². The van der Waals surface area contributed by atoms with Crippen molar-refractivity contribution < 1.29 is 0 Å². The van der Waals surface area contributed by atoms with Crippen molar-refractivity contribution in [3.63, 3.8) is 0 Å². The Bertz CT molecular complexity index is 254. The summed E-state index contributed by atoms with van der Waals surface area (Å²) < 4.78 is 0. The van der Waals surface area contributed by atoms with Crippen LogP contribution in [0.15, 0.2) is 0 Å². The molecule has 98 valence electrons. The van der Waals surface area contributed by atoms with Crippen molar-refractivity contribution in [3.05, 3.63) is 0 Å². The number of likely N-dealkylation sites (N-methyl/N-ethyl adjacent to an activating group) is 1. The van der Waals surface area contributed by atoms with E-state index in [1.807, 2.05) is 0 Å². The van der Waals surface area contributed by atoms with Gasteiger partial charge >= 0.3 is 0 Å². The SMILES string of the molecule is CCN(CC)C1CCN(C(=N)C2CCCC2)C1. The normalized spacial score (nSPS) is 26.1. The van der Waals surface area contributed by atoms with Crippen LogP contribution in [0, 0.1) is 11.3 Å². The van der Waals surface area contributed by atoms with Gasteiger partial charge < -0.3 is 4.90 Å². The molecule has 17 heavy (non-hydrogen) atoms. The molecule has 0 aromatic heterocycles. The van der Waals surface area contributed by atoms with Crippen molar-refractivity contribution in [2.75, 3.05) is 26.2 Å².